The van der Waals surface area contributed by atoms with E-state index in [0.717, 1.165) is 4.34 Å². The van der Waals surface area contributed by atoms with E-state index in [-0.39, 0.29) is 30.9 Å². The van der Waals surface area contributed by atoms with Crippen LogP contribution < -0.4 is 4.72 Å². The molecular formula is C9H15N3O4S4. The van der Waals surface area contributed by atoms with Gasteiger partial charge in [0.25, 0.3) is 0 Å². The first-order chi connectivity index (χ1) is 9.32. The summed E-state index contributed by atoms with van der Waals surface area (Å²) in [7, 11) is -6.57. The Kier molecular flexibility index (Phi) is 5.05. The summed E-state index contributed by atoms with van der Waals surface area (Å²) >= 11 is 2.79. The second-order valence-electron chi connectivity index (χ2n) is 4.38. The van der Waals surface area contributed by atoms with Crippen LogP contribution in [0.3, 0.4) is 0 Å². The molecule has 0 amide bonds. The van der Waals surface area contributed by atoms with Crippen LogP contribution >= 0.6 is 23.1 Å². The molecule has 2 heterocycles. The zero-order valence-electron chi connectivity index (χ0n) is 10.8. The predicted octanol–water partition coefficient (Wildman–Crippen LogP) is 0.257. The molecule has 0 spiro atoms. The minimum atomic E-state index is -3.51. The van der Waals surface area contributed by atoms with Crippen molar-refractivity contribution in [3.8, 4) is 0 Å². The molecule has 0 saturated carbocycles. The van der Waals surface area contributed by atoms with Crippen LogP contribution in [0.2, 0.25) is 0 Å². The number of rotatable bonds is 5. The number of sulfonamides is 1. The van der Waals surface area contributed by atoms with Crippen LogP contribution in [0.5, 0.6) is 0 Å². The van der Waals surface area contributed by atoms with Crippen molar-refractivity contribution < 1.29 is 16.8 Å². The van der Waals surface area contributed by atoms with Crippen molar-refractivity contribution in [2.75, 3.05) is 17.8 Å². The van der Waals surface area contributed by atoms with Gasteiger partial charge in [0.2, 0.25) is 10.0 Å². The molecule has 0 aromatic carbocycles. The lowest BCUT2D eigenvalue weighted by molar-refractivity contribution is 0.542. The van der Waals surface area contributed by atoms with Gasteiger partial charge in [0.05, 0.1) is 23.3 Å². The first kappa shape index (κ1) is 16.1. The first-order valence-corrected chi connectivity index (χ1v) is 11.3. The summed E-state index contributed by atoms with van der Waals surface area (Å²) < 4.78 is 50.1. The zero-order valence-corrected chi connectivity index (χ0v) is 14.0. The average molecular weight is 358 g/mol. The highest BCUT2D eigenvalue weighted by molar-refractivity contribution is 8.00. The number of aromatic nitrogens is 2. The van der Waals surface area contributed by atoms with Crippen molar-refractivity contribution in [1.29, 1.82) is 0 Å². The van der Waals surface area contributed by atoms with E-state index in [9.17, 15) is 16.8 Å². The number of nitrogens with one attached hydrogen (secondary N) is 1. The highest BCUT2D eigenvalue weighted by Crippen LogP contribution is 2.21. The molecule has 1 aromatic rings. The van der Waals surface area contributed by atoms with Crippen LogP contribution in [0.4, 0.5) is 0 Å². The molecule has 0 aliphatic carbocycles. The average Bonchev–Trinajstić information content (AvgIpc) is 2.84. The summed E-state index contributed by atoms with van der Waals surface area (Å²) in [5.74, 6) is -0.123. The van der Waals surface area contributed by atoms with Gasteiger partial charge < -0.3 is 0 Å². The van der Waals surface area contributed by atoms with Crippen molar-refractivity contribution in [1.82, 2.24) is 14.9 Å². The Bertz CT molecular complexity index is 653. The van der Waals surface area contributed by atoms with Gasteiger partial charge in [-0.05, 0) is 19.1 Å². The van der Waals surface area contributed by atoms with Crippen molar-refractivity contribution in [3.63, 3.8) is 0 Å². The Morgan fingerprint density at radius 1 is 1.35 bits per heavy atom. The maximum Gasteiger partial charge on any atom is 0.214 e. The van der Waals surface area contributed by atoms with E-state index in [4.69, 9.17) is 0 Å². The van der Waals surface area contributed by atoms with Gasteiger partial charge in [-0.3, -0.25) is 0 Å². The van der Waals surface area contributed by atoms with Crippen LogP contribution in [0.15, 0.2) is 4.34 Å². The lowest BCUT2D eigenvalue weighted by atomic mass is 10.2. The molecule has 114 valence electrons. The number of thioether (sulfide) groups is 1. The normalized spacial score (nSPS) is 20.1. The molecule has 1 fully saturated rings. The predicted molar refractivity (Wildman–Crippen MR) is 79.1 cm³/mol. The topological polar surface area (TPSA) is 106 Å². The third-order valence-corrected chi connectivity index (χ3v) is 8.50. The summed E-state index contributed by atoms with van der Waals surface area (Å²) in [6.07, 6.45) is 2.19. The third-order valence-electron chi connectivity index (χ3n) is 2.99. The maximum absolute atomic E-state index is 12.1. The molecule has 1 aliphatic rings. The van der Waals surface area contributed by atoms with E-state index in [2.05, 4.69) is 14.9 Å². The standard InChI is InChI=1S/C9H15N3O4S4/c1-17-9-12-11-8(18-9)6-10-20(15,16)7-2-4-19(13,14)5-3-7/h7,10H,2-6H2,1H3. The fraction of sp³-hybridized carbons (Fsp3) is 0.778. The SMILES string of the molecule is CSc1nnc(CNS(=O)(=O)C2CCS(=O)(=O)CC2)s1. The maximum atomic E-state index is 12.1. The summed E-state index contributed by atoms with van der Waals surface area (Å²) in [5, 5.41) is 7.73. The Morgan fingerprint density at radius 2 is 2.00 bits per heavy atom. The Balaban J connectivity index is 1.94. The third kappa shape index (κ3) is 4.13. The molecule has 11 heteroatoms. The number of nitrogens with zero attached hydrogens (tertiary/aromatic N) is 2. The fourth-order valence-corrected chi connectivity index (χ4v) is 6.42. The van der Waals surface area contributed by atoms with Gasteiger partial charge in [0, 0.05) is 0 Å². The fourth-order valence-electron chi connectivity index (χ4n) is 1.85. The Hall–Kier alpha value is -0.230. The van der Waals surface area contributed by atoms with Gasteiger partial charge in [0.15, 0.2) is 4.34 Å². The molecule has 1 N–H and O–H groups in total. The van der Waals surface area contributed by atoms with Crippen LogP contribution in [0.1, 0.15) is 17.8 Å². The quantitative estimate of drug-likeness (QED) is 0.753. The molecule has 1 saturated heterocycles. The van der Waals surface area contributed by atoms with E-state index in [0.29, 0.717) is 5.01 Å². The first-order valence-electron chi connectivity index (χ1n) is 5.88. The lowest BCUT2D eigenvalue weighted by Gasteiger charge is -2.21. The van der Waals surface area contributed by atoms with E-state index in [1.165, 1.54) is 23.1 Å². The number of sulfone groups is 1. The van der Waals surface area contributed by atoms with Gasteiger partial charge in [-0.15, -0.1) is 10.2 Å². The summed E-state index contributed by atoms with van der Waals surface area (Å²) in [4.78, 5) is 0. The summed E-state index contributed by atoms with van der Waals surface area (Å²) in [5.41, 5.74) is 0. The largest absolute Gasteiger partial charge is 0.229 e. The van der Waals surface area contributed by atoms with E-state index >= 15 is 0 Å². The molecular weight excluding hydrogens is 342 g/mol. The highest BCUT2D eigenvalue weighted by Gasteiger charge is 2.32. The molecule has 0 unspecified atom stereocenters. The van der Waals surface area contributed by atoms with Crippen molar-refractivity contribution in [2.45, 2.75) is 29.0 Å². The van der Waals surface area contributed by atoms with Gasteiger partial charge in [-0.1, -0.05) is 23.1 Å². The van der Waals surface area contributed by atoms with Crippen LogP contribution in [-0.2, 0) is 26.4 Å². The molecule has 20 heavy (non-hydrogen) atoms. The zero-order chi connectivity index (χ0) is 14.8. The van der Waals surface area contributed by atoms with Crippen molar-refractivity contribution in [3.05, 3.63) is 5.01 Å². The minimum Gasteiger partial charge on any atom is -0.229 e. The Morgan fingerprint density at radius 3 is 2.55 bits per heavy atom. The molecule has 1 aliphatic heterocycles. The van der Waals surface area contributed by atoms with Crippen molar-refractivity contribution >= 4 is 43.0 Å². The van der Waals surface area contributed by atoms with Crippen LogP contribution in [0.25, 0.3) is 0 Å². The van der Waals surface area contributed by atoms with E-state index in [1.54, 1.807) is 0 Å². The molecule has 0 bridgehead atoms. The van der Waals surface area contributed by atoms with Gasteiger partial charge in [-0.25, -0.2) is 21.6 Å². The van der Waals surface area contributed by atoms with Crippen LogP contribution in [0, 0.1) is 0 Å². The van der Waals surface area contributed by atoms with Crippen LogP contribution in [-0.4, -0.2) is 50.0 Å². The van der Waals surface area contributed by atoms with Gasteiger partial charge >= 0.3 is 0 Å². The summed E-state index contributed by atoms with van der Waals surface area (Å²) in [6.45, 7) is 0.101. The molecule has 2 rings (SSSR count). The second-order valence-corrected chi connectivity index (χ2v) is 10.8. The minimum absolute atomic E-state index is 0.0615. The number of hydrogen-bond donors (Lipinski definition) is 1. The lowest BCUT2D eigenvalue weighted by Crippen LogP contribution is -2.39. The molecule has 0 atom stereocenters. The Labute approximate surface area is 126 Å². The molecule has 7 nitrogen and oxygen atoms in total. The van der Waals surface area contributed by atoms with Gasteiger partial charge in [0.1, 0.15) is 14.8 Å². The monoisotopic (exact) mass is 357 g/mol. The smallest absolute Gasteiger partial charge is 0.214 e. The molecule has 1 aromatic heterocycles. The highest BCUT2D eigenvalue weighted by atomic mass is 32.2. The van der Waals surface area contributed by atoms with E-state index in [1.807, 2.05) is 6.26 Å². The number of hydrogen-bond acceptors (Lipinski definition) is 8. The van der Waals surface area contributed by atoms with Crippen molar-refractivity contribution in [2.24, 2.45) is 0 Å². The van der Waals surface area contributed by atoms with Gasteiger partial charge in [-0.2, -0.15) is 0 Å². The molecule has 0 radical (unpaired) electrons. The second kappa shape index (κ2) is 6.26. The van der Waals surface area contributed by atoms with E-state index < -0.39 is 25.1 Å². The summed E-state index contributed by atoms with van der Waals surface area (Å²) in [6, 6.07) is 0.